The highest BCUT2D eigenvalue weighted by Gasteiger charge is 2.11. The van der Waals surface area contributed by atoms with Gasteiger partial charge in [0.15, 0.2) is 0 Å². The van der Waals surface area contributed by atoms with E-state index in [1.807, 2.05) is 19.1 Å². The van der Waals surface area contributed by atoms with Crippen LogP contribution in [0.1, 0.15) is 11.1 Å². The molecule has 0 bridgehead atoms. The van der Waals surface area contributed by atoms with Crippen LogP contribution in [0.4, 0.5) is 0 Å². The van der Waals surface area contributed by atoms with Crippen molar-refractivity contribution in [1.82, 2.24) is 0 Å². The Balaban J connectivity index is 3.02. The number of carbonyl (C=O) groups is 1. The smallest absolute Gasteiger partial charge is 0.310 e. The largest absolute Gasteiger partial charge is 0.469 e. The summed E-state index contributed by atoms with van der Waals surface area (Å²) in [4.78, 5) is 11.1. The summed E-state index contributed by atoms with van der Waals surface area (Å²) in [5.41, 5.74) is 1.82. The molecule has 2 nitrogen and oxygen atoms in total. The Morgan fingerprint density at radius 3 is 2.71 bits per heavy atom. The Bertz CT molecular complexity index is 340. The minimum atomic E-state index is -0.295. The van der Waals surface area contributed by atoms with Gasteiger partial charge < -0.3 is 4.74 Å². The number of halogens is 2. The van der Waals surface area contributed by atoms with Crippen LogP contribution in [-0.2, 0) is 16.0 Å². The Morgan fingerprint density at radius 1 is 1.57 bits per heavy atom. The standard InChI is InChI=1S/C10H10BrClO2/c1-6-3-8(11)7(9(12)4-6)5-10(13)14-2/h3-4H,5H2,1-2H3. The molecule has 1 rings (SSSR count). The van der Waals surface area contributed by atoms with Gasteiger partial charge in [-0.25, -0.2) is 0 Å². The third-order valence-corrected chi connectivity index (χ3v) is 2.88. The van der Waals surface area contributed by atoms with Crippen LogP contribution in [0.5, 0.6) is 0 Å². The molecule has 0 fully saturated rings. The van der Waals surface area contributed by atoms with E-state index in [0.717, 1.165) is 15.6 Å². The molecule has 0 N–H and O–H groups in total. The third kappa shape index (κ3) is 2.72. The Hall–Kier alpha value is -0.540. The van der Waals surface area contributed by atoms with E-state index < -0.39 is 0 Å². The Kier molecular flexibility index (Phi) is 3.96. The molecule has 0 radical (unpaired) electrons. The molecule has 0 aliphatic rings. The maximum absolute atomic E-state index is 11.1. The van der Waals surface area contributed by atoms with Gasteiger partial charge in [-0.2, -0.15) is 0 Å². The monoisotopic (exact) mass is 276 g/mol. The SMILES string of the molecule is COC(=O)Cc1c(Cl)cc(C)cc1Br. The fourth-order valence-corrected chi connectivity index (χ4v) is 2.28. The van der Waals surface area contributed by atoms with Gasteiger partial charge in [-0.05, 0) is 30.2 Å². The topological polar surface area (TPSA) is 26.3 Å². The molecule has 76 valence electrons. The summed E-state index contributed by atoms with van der Waals surface area (Å²) >= 11 is 9.36. The zero-order valence-electron chi connectivity index (χ0n) is 7.93. The van der Waals surface area contributed by atoms with Gasteiger partial charge in [-0.1, -0.05) is 27.5 Å². The second kappa shape index (κ2) is 4.80. The van der Waals surface area contributed by atoms with Crippen LogP contribution in [0.15, 0.2) is 16.6 Å². The van der Waals surface area contributed by atoms with E-state index in [2.05, 4.69) is 20.7 Å². The first kappa shape index (κ1) is 11.5. The van der Waals surface area contributed by atoms with Gasteiger partial charge in [0.1, 0.15) is 0 Å². The summed E-state index contributed by atoms with van der Waals surface area (Å²) in [6, 6.07) is 3.74. The van der Waals surface area contributed by atoms with Crippen molar-refractivity contribution in [3.63, 3.8) is 0 Å². The van der Waals surface area contributed by atoms with Gasteiger partial charge in [-0.15, -0.1) is 0 Å². The summed E-state index contributed by atoms with van der Waals surface area (Å²) < 4.78 is 5.42. The molecule has 4 heteroatoms. The molecule has 14 heavy (non-hydrogen) atoms. The number of hydrogen-bond donors (Lipinski definition) is 0. The molecule has 0 saturated carbocycles. The van der Waals surface area contributed by atoms with Crippen molar-refractivity contribution in [3.8, 4) is 0 Å². The second-order valence-corrected chi connectivity index (χ2v) is 4.22. The van der Waals surface area contributed by atoms with E-state index in [9.17, 15) is 4.79 Å². The van der Waals surface area contributed by atoms with Crippen LogP contribution >= 0.6 is 27.5 Å². The molecule has 0 atom stereocenters. The van der Waals surface area contributed by atoms with Crippen molar-refractivity contribution in [2.45, 2.75) is 13.3 Å². The summed E-state index contributed by atoms with van der Waals surface area (Å²) in [7, 11) is 1.36. The van der Waals surface area contributed by atoms with Crippen molar-refractivity contribution < 1.29 is 9.53 Å². The number of methoxy groups -OCH3 is 1. The quantitative estimate of drug-likeness (QED) is 0.776. The lowest BCUT2D eigenvalue weighted by Crippen LogP contribution is -2.05. The van der Waals surface area contributed by atoms with Gasteiger partial charge in [0, 0.05) is 9.50 Å². The molecule has 1 aromatic carbocycles. The van der Waals surface area contributed by atoms with Crippen LogP contribution in [-0.4, -0.2) is 13.1 Å². The average Bonchev–Trinajstić information content (AvgIpc) is 2.10. The highest BCUT2D eigenvalue weighted by atomic mass is 79.9. The molecule has 0 unspecified atom stereocenters. The number of hydrogen-bond acceptors (Lipinski definition) is 2. The molecule has 1 aromatic rings. The van der Waals surface area contributed by atoms with Crippen molar-refractivity contribution >= 4 is 33.5 Å². The fourth-order valence-electron chi connectivity index (χ4n) is 1.12. The number of aryl methyl sites for hydroxylation is 1. The lowest BCUT2D eigenvalue weighted by Gasteiger charge is -2.07. The van der Waals surface area contributed by atoms with Gasteiger partial charge in [0.2, 0.25) is 0 Å². The van der Waals surface area contributed by atoms with Crippen molar-refractivity contribution in [1.29, 1.82) is 0 Å². The van der Waals surface area contributed by atoms with E-state index >= 15 is 0 Å². The highest BCUT2D eigenvalue weighted by molar-refractivity contribution is 9.10. The maximum Gasteiger partial charge on any atom is 0.310 e. The first-order valence-corrected chi connectivity index (χ1v) is 5.23. The average molecular weight is 278 g/mol. The van der Waals surface area contributed by atoms with Crippen LogP contribution in [0.25, 0.3) is 0 Å². The number of carbonyl (C=O) groups excluding carboxylic acids is 1. The summed E-state index contributed by atoms with van der Waals surface area (Å²) in [6.07, 6.45) is 0.191. The molecule has 0 spiro atoms. The molecule has 0 aliphatic carbocycles. The fraction of sp³-hybridized carbons (Fsp3) is 0.300. The van der Waals surface area contributed by atoms with Gasteiger partial charge >= 0.3 is 5.97 Å². The first-order chi connectivity index (χ1) is 6.54. The van der Waals surface area contributed by atoms with Crippen LogP contribution in [0, 0.1) is 6.92 Å². The summed E-state index contributed by atoms with van der Waals surface area (Å²) in [6.45, 7) is 1.94. The van der Waals surface area contributed by atoms with E-state index in [4.69, 9.17) is 11.6 Å². The molecule has 0 aliphatic heterocycles. The predicted molar refractivity (Wildman–Crippen MR) is 59.6 cm³/mol. The third-order valence-electron chi connectivity index (χ3n) is 1.83. The number of benzene rings is 1. The minimum Gasteiger partial charge on any atom is -0.469 e. The van der Waals surface area contributed by atoms with Crippen LogP contribution in [0.2, 0.25) is 5.02 Å². The van der Waals surface area contributed by atoms with Crippen molar-refractivity contribution in [3.05, 3.63) is 32.8 Å². The van der Waals surface area contributed by atoms with Crippen molar-refractivity contribution in [2.24, 2.45) is 0 Å². The van der Waals surface area contributed by atoms with E-state index in [-0.39, 0.29) is 12.4 Å². The minimum absolute atomic E-state index is 0.191. The van der Waals surface area contributed by atoms with E-state index in [1.54, 1.807) is 0 Å². The lowest BCUT2D eigenvalue weighted by molar-refractivity contribution is -0.139. The molecular formula is C10H10BrClO2. The zero-order valence-corrected chi connectivity index (χ0v) is 10.3. The van der Waals surface area contributed by atoms with Crippen molar-refractivity contribution in [2.75, 3.05) is 7.11 Å². The maximum atomic E-state index is 11.1. The molecular weight excluding hydrogens is 267 g/mol. The zero-order chi connectivity index (χ0) is 10.7. The Labute approximate surface area is 96.3 Å². The van der Waals surface area contributed by atoms with Crippen LogP contribution in [0.3, 0.4) is 0 Å². The number of ether oxygens (including phenoxy) is 1. The molecule has 0 amide bonds. The first-order valence-electron chi connectivity index (χ1n) is 4.06. The molecule has 0 heterocycles. The number of rotatable bonds is 2. The summed E-state index contributed by atoms with van der Waals surface area (Å²) in [5, 5.41) is 0.585. The molecule has 0 saturated heterocycles. The van der Waals surface area contributed by atoms with E-state index in [1.165, 1.54) is 7.11 Å². The second-order valence-electron chi connectivity index (χ2n) is 2.96. The van der Waals surface area contributed by atoms with Crippen LogP contribution < -0.4 is 0 Å². The molecule has 0 aromatic heterocycles. The number of esters is 1. The predicted octanol–water partition coefficient (Wildman–Crippen LogP) is 3.13. The highest BCUT2D eigenvalue weighted by Crippen LogP contribution is 2.27. The Morgan fingerprint density at radius 2 is 2.21 bits per heavy atom. The van der Waals surface area contributed by atoms with Gasteiger partial charge in [0.05, 0.1) is 13.5 Å². The lowest BCUT2D eigenvalue weighted by atomic mass is 10.1. The van der Waals surface area contributed by atoms with Gasteiger partial charge in [0.25, 0.3) is 0 Å². The summed E-state index contributed by atoms with van der Waals surface area (Å²) in [5.74, 6) is -0.295. The van der Waals surface area contributed by atoms with E-state index in [0.29, 0.717) is 5.02 Å². The van der Waals surface area contributed by atoms with Gasteiger partial charge in [-0.3, -0.25) is 4.79 Å². The normalized spacial score (nSPS) is 10.0.